The van der Waals surface area contributed by atoms with Crippen molar-refractivity contribution in [2.24, 2.45) is 20.5 Å². The van der Waals surface area contributed by atoms with E-state index in [2.05, 4.69) is 30.3 Å². The van der Waals surface area contributed by atoms with E-state index in [-0.39, 0.29) is 54.9 Å². The van der Waals surface area contributed by atoms with Gasteiger partial charge in [-0.05, 0) is 126 Å². The van der Waals surface area contributed by atoms with Gasteiger partial charge in [0.25, 0.3) is 0 Å². The number of anilines is 2. The average molecular weight is 931 g/mol. The molecule has 0 amide bonds. The van der Waals surface area contributed by atoms with Gasteiger partial charge in [0.15, 0.2) is 0 Å². The Balaban J connectivity index is 1.22. The number of aromatic hydroxyl groups is 2. The molecule has 8 nitrogen and oxygen atoms in total. The molecule has 0 radical (unpaired) electrons. The van der Waals surface area contributed by atoms with E-state index in [9.17, 15) is 10.2 Å². The largest absolute Gasteiger partial charge is 0.506 e. The monoisotopic (exact) mass is 930 g/mol. The maximum Gasteiger partial charge on any atom is 0.380 e. The number of hydrogen-bond donors (Lipinski definition) is 2. The maximum absolute atomic E-state index is 16.3. The number of benzene rings is 4. The van der Waals surface area contributed by atoms with Gasteiger partial charge in [-0.1, -0.05) is 24.3 Å². The molecule has 0 spiro atoms. The third kappa shape index (κ3) is 8.30. The quantitative estimate of drug-likeness (QED) is 0.0840. The van der Waals surface area contributed by atoms with Crippen molar-refractivity contribution in [1.29, 1.82) is 0 Å². The first-order valence-corrected chi connectivity index (χ1v) is 22.7. The van der Waals surface area contributed by atoms with Crippen LogP contribution in [0.15, 0.2) is 105 Å². The number of phenols is 2. The molecule has 7 rings (SSSR count). The first-order chi connectivity index (χ1) is 30.8. The Morgan fingerprint density at radius 3 is 1.14 bits per heavy atom. The van der Waals surface area contributed by atoms with Crippen LogP contribution in [0.2, 0.25) is 0 Å². The van der Waals surface area contributed by atoms with Gasteiger partial charge in [0.1, 0.15) is 22.9 Å². The van der Waals surface area contributed by atoms with Crippen LogP contribution in [0.3, 0.4) is 0 Å². The number of halogens is 6. The summed E-state index contributed by atoms with van der Waals surface area (Å²) in [4.78, 5) is 5.37. The average Bonchev–Trinajstić information content (AvgIpc) is 3.77. The molecule has 0 aliphatic heterocycles. The summed E-state index contributed by atoms with van der Waals surface area (Å²) in [7, 11) is 0. The molecule has 0 saturated carbocycles. The number of rotatable bonds is 14. The second-order valence-electron chi connectivity index (χ2n) is 15.6. The normalized spacial score (nSPS) is 15.5. The Morgan fingerprint density at radius 1 is 0.492 bits per heavy atom. The van der Waals surface area contributed by atoms with Gasteiger partial charge >= 0.3 is 17.8 Å². The van der Waals surface area contributed by atoms with Crippen molar-refractivity contribution in [2.75, 3.05) is 36.0 Å². The van der Waals surface area contributed by atoms with E-state index in [0.29, 0.717) is 32.3 Å². The zero-order valence-corrected chi connectivity index (χ0v) is 38.7. The Morgan fingerprint density at radius 2 is 0.831 bits per heavy atom. The highest BCUT2D eigenvalue weighted by molar-refractivity contribution is 7.16. The smallest absolute Gasteiger partial charge is 0.380 e. The Kier molecular flexibility index (Phi) is 13.1. The zero-order chi connectivity index (χ0) is 47.2. The molecule has 6 aromatic rings. The van der Waals surface area contributed by atoms with E-state index >= 15 is 26.3 Å². The van der Waals surface area contributed by atoms with Crippen LogP contribution in [0.1, 0.15) is 59.7 Å². The van der Waals surface area contributed by atoms with Crippen molar-refractivity contribution in [3.05, 3.63) is 117 Å². The molecule has 2 aromatic heterocycles. The predicted molar refractivity (Wildman–Crippen MR) is 252 cm³/mol. The summed E-state index contributed by atoms with van der Waals surface area (Å²) in [6, 6.07) is 23.3. The van der Waals surface area contributed by atoms with Crippen LogP contribution < -0.4 is 9.80 Å². The molecule has 0 fully saturated rings. The van der Waals surface area contributed by atoms with Crippen molar-refractivity contribution < 1.29 is 36.6 Å². The molecular weight excluding hydrogens is 883 g/mol. The van der Waals surface area contributed by atoms with Crippen molar-refractivity contribution in [3.63, 3.8) is 0 Å². The van der Waals surface area contributed by atoms with Gasteiger partial charge in [-0.25, -0.2) is 0 Å². The van der Waals surface area contributed by atoms with Crippen LogP contribution in [0.5, 0.6) is 11.5 Å². The van der Waals surface area contributed by atoms with Gasteiger partial charge in [-0.3, -0.25) is 0 Å². The molecule has 0 bridgehead atoms. The SMILES string of the molecule is CCN(CC)c1ccc(N=Nc2ccc(-c3sc(C)c(C4=C(c5c(C)sc(-c6ccc(N=Nc7ccc(N(CC)CC)cc7O)cc6)c5C)C(F)(F)C(F)(F)C4(F)F)c3C)cc2)c(O)c1. The Labute approximate surface area is 382 Å². The van der Waals surface area contributed by atoms with Crippen LogP contribution in [-0.4, -0.2) is 54.2 Å². The summed E-state index contributed by atoms with van der Waals surface area (Å²) in [5, 5.41) is 38.0. The second kappa shape index (κ2) is 18.1. The Hall–Kier alpha value is -6.00. The van der Waals surface area contributed by atoms with E-state index in [0.717, 1.165) is 60.2 Å². The van der Waals surface area contributed by atoms with Crippen molar-refractivity contribution in [3.8, 4) is 32.4 Å². The minimum absolute atomic E-state index is 0.0471. The molecule has 65 heavy (non-hydrogen) atoms. The van der Waals surface area contributed by atoms with Crippen LogP contribution in [-0.2, 0) is 0 Å². The number of thiophene rings is 2. The van der Waals surface area contributed by atoms with Gasteiger partial charge in [0.05, 0.1) is 11.4 Å². The minimum Gasteiger partial charge on any atom is -0.506 e. The Bertz CT molecular complexity index is 2640. The molecule has 2 heterocycles. The molecule has 1 aliphatic carbocycles. The van der Waals surface area contributed by atoms with E-state index in [4.69, 9.17) is 0 Å². The lowest BCUT2D eigenvalue weighted by Crippen LogP contribution is -2.49. The summed E-state index contributed by atoms with van der Waals surface area (Å²) >= 11 is 2.09. The van der Waals surface area contributed by atoms with Gasteiger partial charge in [-0.2, -0.15) is 36.6 Å². The van der Waals surface area contributed by atoms with Crippen LogP contribution in [0, 0.1) is 27.7 Å². The van der Waals surface area contributed by atoms with Crippen LogP contribution in [0.4, 0.5) is 60.5 Å². The van der Waals surface area contributed by atoms with Gasteiger partial charge in [-0.15, -0.1) is 32.9 Å². The third-order valence-corrected chi connectivity index (χ3v) is 14.3. The lowest BCUT2D eigenvalue weighted by molar-refractivity contribution is -0.254. The lowest BCUT2D eigenvalue weighted by Gasteiger charge is -2.26. The molecule has 2 N–H and O–H groups in total. The molecule has 340 valence electrons. The summed E-state index contributed by atoms with van der Waals surface area (Å²) < 4.78 is 96.4. The van der Waals surface area contributed by atoms with Gasteiger partial charge in [0.2, 0.25) is 0 Å². The summed E-state index contributed by atoms with van der Waals surface area (Å²) in [6.07, 6.45) is 0. The maximum atomic E-state index is 16.3. The van der Waals surface area contributed by atoms with Crippen molar-refractivity contribution >= 4 is 67.9 Å². The third-order valence-electron chi connectivity index (χ3n) is 11.8. The number of alkyl halides is 6. The number of phenolic OH excluding ortho intramolecular Hbond substituents is 2. The number of azo groups is 2. The predicted octanol–water partition coefficient (Wildman–Crippen LogP) is 16.1. The fourth-order valence-corrected chi connectivity index (χ4v) is 10.7. The summed E-state index contributed by atoms with van der Waals surface area (Å²) in [5.74, 6) is -16.3. The molecule has 4 aromatic carbocycles. The highest BCUT2D eigenvalue weighted by atomic mass is 32.1. The highest BCUT2D eigenvalue weighted by Crippen LogP contribution is 2.67. The fourth-order valence-electron chi connectivity index (χ4n) is 8.33. The van der Waals surface area contributed by atoms with Gasteiger partial charge < -0.3 is 20.0 Å². The van der Waals surface area contributed by atoms with Gasteiger partial charge in [0, 0.05) is 91.5 Å². The van der Waals surface area contributed by atoms with Crippen LogP contribution >= 0.6 is 22.7 Å². The molecule has 0 atom stereocenters. The number of hydrogen-bond acceptors (Lipinski definition) is 10. The van der Waals surface area contributed by atoms with E-state index in [1.54, 1.807) is 72.8 Å². The van der Waals surface area contributed by atoms with Crippen molar-refractivity contribution in [1.82, 2.24) is 0 Å². The minimum atomic E-state index is -5.73. The van der Waals surface area contributed by atoms with Crippen molar-refractivity contribution in [2.45, 2.75) is 73.2 Å². The second-order valence-corrected chi connectivity index (χ2v) is 18.1. The molecule has 0 unspecified atom stereocenters. The highest BCUT2D eigenvalue weighted by Gasteiger charge is 2.80. The lowest BCUT2D eigenvalue weighted by atomic mass is 9.90. The standard InChI is InChI=1S/C49H48F6N6O2S2/c1-9-60(10-2)35-21-23-37(39(62)25-35)58-56-33-17-13-31(14-18-33)45-27(5)41(29(7)64-45)43-44(48(52,53)49(54,55)47(43,50)51)42-28(6)46(65-30(42)8)32-15-19-34(20-16-32)57-59-38-24-22-36(26-40(38)63)61(11-3)12-4/h13-26,62-63H,9-12H2,1-8H3. The molecule has 16 heteroatoms. The number of allylic oxidation sites excluding steroid dienone is 2. The summed E-state index contributed by atoms with van der Waals surface area (Å²) in [6.45, 7) is 17.0. The number of nitrogens with zero attached hydrogens (tertiary/aromatic N) is 6. The first kappa shape index (κ1) is 47.0. The zero-order valence-electron chi connectivity index (χ0n) is 37.1. The topological polar surface area (TPSA) is 96.4 Å². The fraction of sp³-hybridized carbons (Fsp3) is 0.306. The first-order valence-electron chi connectivity index (χ1n) is 21.1. The molecule has 1 aliphatic rings. The van der Waals surface area contributed by atoms with E-state index in [1.807, 2.05) is 39.8 Å². The number of aryl methyl sites for hydroxylation is 2. The summed E-state index contributed by atoms with van der Waals surface area (Å²) in [5.41, 5.74) is 0.932. The van der Waals surface area contributed by atoms with E-state index < -0.39 is 28.9 Å². The van der Waals surface area contributed by atoms with Crippen LogP contribution in [0.25, 0.3) is 32.0 Å². The molecule has 0 saturated heterocycles. The van der Waals surface area contributed by atoms with E-state index in [1.165, 1.54) is 27.7 Å². The molecular formula is C49H48F6N6O2S2.